The summed E-state index contributed by atoms with van der Waals surface area (Å²) in [4.78, 5) is 13.9. The Bertz CT molecular complexity index is 742. The number of nitrogens with zero attached hydrogens (tertiary/aromatic N) is 2. The Labute approximate surface area is 102 Å². The van der Waals surface area contributed by atoms with Crippen molar-refractivity contribution in [2.24, 2.45) is 7.05 Å². The lowest BCUT2D eigenvalue weighted by atomic mass is 10.2. The topological polar surface area (TPSA) is 50.7 Å². The Morgan fingerprint density at radius 2 is 2.28 bits per heavy atom. The van der Waals surface area contributed by atoms with Crippen LogP contribution in [0.25, 0.3) is 22.3 Å². The molecule has 4 nitrogen and oxygen atoms in total. The Balaban J connectivity index is 2.25. The lowest BCUT2D eigenvalue weighted by molar-refractivity contribution is 0.112. The number of para-hydroxylation sites is 1. The second-order valence-corrected chi connectivity index (χ2v) is 4.11. The predicted molar refractivity (Wildman–Crippen MR) is 65.8 cm³/mol. The molecule has 0 spiro atoms. The molecule has 0 bridgehead atoms. The summed E-state index contributed by atoms with van der Waals surface area (Å²) < 4.78 is 15.1. The molecule has 0 aliphatic rings. The molecular formula is C13H10FN3O. The van der Waals surface area contributed by atoms with Gasteiger partial charge in [-0.3, -0.25) is 9.48 Å². The number of aromatic amines is 1. The number of carbonyl (C=O) groups excluding carboxylic acids is 1. The van der Waals surface area contributed by atoms with E-state index in [2.05, 4.69) is 10.1 Å². The van der Waals surface area contributed by atoms with Gasteiger partial charge in [0, 0.05) is 18.6 Å². The Kier molecular flexibility index (Phi) is 2.26. The first-order chi connectivity index (χ1) is 8.69. The molecule has 18 heavy (non-hydrogen) atoms. The van der Waals surface area contributed by atoms with Crippen molar-refractivity contribution in [2.75, 3.05) is 0 Å². The van der Waals surface area contributed by atoms with E-state index < -0.39 is 0 Å². The predicted octanol–water partition coefficient (Wildman–Crippen LogP) is 2.52. The number of fused-ring (bicyclic) bond motifs is 1. The Morgan fingerprint density at radius 1 is 1.44 bits per heavy atom. The van der Waals surface area contributed by atoms with Gasteiger partial charge in [-0.1, -0.05) is 12.1 Å². The van der Waals surface area contributed by atoms with Crippen molar-refractivity contribution < 1.29 is 9.18 Å². The summed E-state index contributed by atoms with van der Waals surface area (Å²) in [5, 5.41) is 4.97. The fourth-order valence-corrected chi connectivity index (χ4v) is 2.05. The number of H-pyrrole nitrogens is 1. The average molecular weight is 243 g/mol. The monoisotopic (exact) mass is 243 g/mol. The van der Waals surface area contributed by atoms with Crippen LogP contribution in [0.3, 0.4) is 0 Å². The van der Waals surface area contributed by atoms with Crippen LogP contribution in [0.2, 0.25) is 0 Å². The summed E-state index contributed by atoms with van der Waals surface area (Å²) in [5.74, 6) is -0.317. The number of aromatic nitrogens is 3. The molecule has 5 heteroatoms. The summed E-state index contributed by atoms with van der Waals surface area (Å²) in [6, 6.07) is 6.63. The molecule has 3 aromatic rings. The molecule has 2 heterocycles. The van der Waals surface area contributed by atoms with Crippen molar-refractivity contribution in [3.8, 4) is 11.4 Å². The Hall–Kier alpha value is -2.43. The first-order valence-corrected chi connectivity index (χ1v) is 5.45. The summed E-state index contributed by atoms with van der Waals surface area (Å²) in [5.41, 5.74) is 2.07. The molecule has 1 aromatic carbocycles. The highest BCUT2D eigenvalue weighted by molar-refractivity contribution is 5.90. The third-order valence-electron chi connectivity index (χ3n) is 2.84. The lowest BCUT2D eigenvalue weighted by Gasteiger charge is -1.92. The molecule has 0 aliphatic carbocycles. The number of aldehydes is 1. The minimum atomic E-state index is -0.317. The molecule has 0 saturated carbocycles. The molecule has 3 rings (SSSR count). The maximum Gasteiger partial charge on any atom is 0.153 e. The van der Waals surface area contributed by atoms with Crippen molar-refractivity contribution in [1.29, 1.82) is 0 Å². The number of benzene rings is 1. The second kappa shape index (κ2) is 3.80. The first-order valence-electron chi connectivity index (χ1n) is 5.45. The van der Waals surface area contributed by atoms with E-state index in [9.17, 15) is 9.18 Å². The lowest BCUT2D eigenvalue weighted by Crippen LogP contribution is -1.88. The Morgan fingerprint density at radius 3 is 3.00 bits per heavy atom. The van der Waals surface area contributed by atoms with Gasteiger partial charge < -0.3 is 4.98 Å². The third-order valence-corrected chi connectivity index (χ3v) is 2.84. The van der Waals surface area contributed by atoms with E-state index in [1.807, 2.05) is 6.07 Å². The third kappa shape index (κ3) is 1.52. The summed E-state index contributed by atoms with van der Waals surface area (Å²) in [6.45, 7) is 0. The fourth-order valence-electron chi connectivity index (χ4n) is 2.05. The molecule has 0 radical (unpaired) electrons. The molecule has 0 atom stereocenters. The molecule has 0 amide bonds. The minimum Gasteiger partial charge on any atom is -0.351 e. The van der Waals surface area contributed by atoms with Crippen molar-refractivity contribution in [3.05, 3.63) is 41.8 Å². The van der Waals surface area contributed by atoms with Crippen LogP contribution in [-0.2, 0) is 7.05 Å². The first kappa shape index (κ1) is 10.7. The standard InChI is InChI=1S/C13H10FN3O/c1-17-6-9(7-18)13(16-17)11-5-8-3-2-4-10(14)12(8)15-11/h2-7,15H,1H3. The minimum absolute atomic E-state index is 0.317. The average Bonchev–Trinajstić information content (AvgIpc) is 2.92. The SMILES string of the molecule is Cn1cc(C=O)c(-c2cc3cccc(F)c3[nH]2)n1. The van der Waals surface area contributed by atoms with Crippen molar-refractivity contribution in [1.82, 2.24) is 14.8 Å². The highest BCUT2D eigenvalue weighted by atomic mass is 19.1. The molecular weight excluding hydrogens is 233 g/mol. The zero-order chi connectivity index (χ0) is 12.7. The molecule has 1 N–H and O–H groups in total. The number of rotatable bonds is 2. The zero-order valence-corrected chi connectivity index (χ0v) is 9.64. The van der Waals surface area contributed by atoms with Crippen LogP contribution >= 0.6 is 0 Å². The van der Waals surface area contributed by atoms with Gasteiger partial charge in [0.25, 0.3) is 0 Å². The summed E-state index contributed by atoms with van der Waals surface area (Å²) >= 11 is 0. The van der Waals surface area contributed by atoms with Crippen LogP contribution in [0.1, 0.15) is 10.4 Å². The normalized spacial score (nSPS) is 11.0. The maximum absolute atomic E-state index is 13.6. The van der Waals surface area contributed by atoms with Crippen LogP contribution in [0.5, 0.6) is 0 Å². The van der Waals surface area contributed by atoms with E-state index >= 15 is 0 Å². The van der Waals surface area contributed by atoms with Gasteiger partial charge >= 0.3 is 0 Å². The van der Waals surface area contributed by atoms with Crippen molar-refractivity contribution in [3.63, 3.8) is 0 Å². The van der Waals surface area contributed by atoms with E-state index in [1.54, 1.807) is 30.1 Å². The van der Waals surface area contributed by atoms with Crippen LogP contribution in [0.4, 0.5) is 4.39 Å². The number of hydrogen-bond acceptors (Lipinski definition) is 2. The van der Waals surface area contributed by atoms with E-state index in [0.29, 0.717) is 22.5 Å². The maximum atomic E-state index is 13.6. The molecule has 0 fully saturated rings. The smallest absolute Gasteiger partial charge is 0.153 e. The number of aryl methyl sites for hydroxylation is 1. The quantitative estimate of drug-likeness (QED) is 0.703. The van der Waals surface area contributed by atoms with E-state index in [-0.39, 0.29) is 5.82 Å². The number of carbonyl (C=O) groups is 1. The van der Waals surface area contributed by atoms with Gasteiger partial charge in [0.05, 0.1) is 16.8 Å². The van der Waals surface area contributed by atoms with Gasteiger partial charge in [-0.25, -0.2) is 4.39 Å². The van der Waals surface area contributed by atoms with Gasteiger partial charge in [-0.15, -0.1) is 0 Å². The van der Waals surface area contributed by atoms with Crippen LogP contribution in [-0.4, -0.2) is 21.1 Å². The van der Waals surface area contributed by atoms with E-state index in [4.69, 9.17) is 0 Å². The molecule has 0 saturated heterocycles. The van der Waals surface area contributed by atoms with Crippen LogP contribution in [0.15, 0.2) is 30.5 Å². The summed E-state index contributed by atoms with van der Waals surface area (Å²) in [6.07, 6.45) is 2.37. The van der Waals surface area contributed by atoms with Gasteiger partial charge in [0.1, 0.15) is 11.5 Å². The zero-order valence-electron chi connectivity index (χ0n) is 9.64. The van der Waals surface area contributed by atoms with Gasteiger partial charge in [-0.05, 0) is 12.1 Å². The molecule has 90 valence electrons. The molecule has 0 aliphatic heterocycles. The fraction of sp³-hybridized carbons (Fsp3) is 0.0769. The highest BCUT2D eigenvalue weighted by Crippen LogP contribution is 2.26. The van der Waals surface area contributed by atoms with E-state index in [0.717, 1.165) is 11.7 Å². The number of nitrogens with one attached hydrogen (secondary N) is 1. The second-order valence-electron chi connectivity index (χ2n) is 4.11. The number of halogens is 1. The molecule has 0 unspecified atom stereocenters. The molecule has 2 aromatic heterocycles. The van der Waals surface area contributed by atoms with Gasteiger partial charge in [0.15, 0.2) is 6.29 Å². The van der Waals surface area contributed by atoms with Crippen molar-refractivity contribution >= 4 is 17.2 Å². The summed E-state index contributed by atoms with van der Waals surface area (Å²) in [7, 11) is 1.74. The van der Waals surface area contributed by atoms with Gasteiger partial charge in [0.2, 0.25) is 0 Å². The van der Waals surface area contributed by atoms with Crippen LogP contribution in [0, 0.1) is 5.82 Å². The van der Waals surface area contributed by atoms with Gasteiger partial charge in [-0.2, -0.15) is 5.10 Å². The van der Waals surface area contributed by atoms with Crippen LogP contribution < -0.4 is 0 Å². The van der Waals surface area contributed by atoms with Crippen molar-refractivity contribution in [2.45, 2.75) is 0 Å². The largest absolute Gasteiger partial charge is 0.351 e. The number of hydrogen-bond donors (Lipinski definition) is 1. The highest BCUT2D eigenvalue weighted by Gasteiger charge is 2.13. The van der Waals surface area contributed by atoms with E-state index in [1.165, 1.54) is 6.07 Å².